The molecule has 0 saturated heterocycles. The smallest absolute Gasteiger partial charge is 0.0465 e. The monoisotopic (exact) mass is 286 g/mol. The van der Waals surface area contributed by atoms with Gasteiger partial charge in [-0.1, -0.05) is 69.4 Å². The average Bonchev–Trinajstić information content (AvgIpc) is 3.00. The van der Waals surface area contributed by atoms with Crippen molar-refractivity contribution >= 4 is 5.57 Å². The molecule has 21 heavy (non-hydrogen) atoms. The van der Waals surface area contributed by atoms with E-state index in [2.05, 4.69) is 37.3 Å². The van der Waals surface area contributed by atoms with Gasteiger partial charge in [-0.2, -0.15) is 0 Å². The molecule has 1 unspecified atom stereocenters. The molecular formula is C20H30O. The summed E-state index contributed by atoms with van der Waals surface area (Å²) in [6, 6.07) is 9.10. The van der Waals surface area contributed by atoms with Gasteiger partial charge in [0.2, 0.25) is 0 Å². The molecule has 1 aliphatic carbocycles. The fourth-order valence-electron chi connectivity index (χ4n) is 3.16. The van der Waals surface area contributed by atoms with Crippen molar-refractivity contribution in [1.82, 2.24) is 0 Å². The molecular weight excluding hydrogens is 256 g/mol. The number of benzene rings is 1. The van der Waals surface area contributed by atoms with E-state index in [9.17, 15) is 5.11 Å². The highest BCUT2D eigenvalue weighted by Gasteiger charge is 2.16. The summed E-state index contributed by atoms with van der Waals surface area (Å²) in [6.07, 6.45) is 13.8. The maximum absolute atomic E-state index is 9.22. The molecule has 1 N–H and O–H groups in total. The van der Waals surface area contributed by atoms with E-state index in [-0.39, 0.29) is 0 Å². The fraction of sp³-hybridized carbons (Fsp3) is 0.600. The van der Waals surface area contributed by atoms with E-state index in [0.717, 1.165) is 12.8 Å². The molecule has 0 aliphatic heterocycles. The van der Waals surface area contributed by atoms with Gasteiger partial charge in [0, 0.05) is 6.61 Å². The first-order valence-electron chi connectivity index (χ1n) is 8.72. The van der Waals surface area contributed by atoms with E-state index in [1.165, 1.54) is 61.6 Å². The molecule has 116 valence electrons. The Morgan fingerprint density at radius 1 is 1.00 bits per heavy atom. The van der Waals surface area contributed by atoms with E-state index >= 15 is 0 Å². The molecule has 1 atom stereocenters. The third kappa shape index (κ3) is 5.32. The molecule has 2 rings (SSSR count). The van der Waals surface area contributed by atoms with Gasteiger partial charge < -0.3 is 5.11 Å². The minimum Gasteiger partial charge on any atom is -0.396 e. The molecule has 0 radical (unpaired) electrons. The van der Waals surface area contributed by atoms with Crippen molar-refractivity contribution in [2.24, 2.45) is 5.92 Å². The summed E-state index contributed by atoms with van der Waals surface area (Å²) in [4.78, 5) is 0. The highest BCUT2D eigenvalue weighted by Crippen LogP contribution is 2.32. The van der Waals surface area contributed by atoms with Crippen LogP contribution in [0.4, 0.5) is 0 Å². The second-order valence-electron chi connectivity index (χ2n) is 6.43. The minimum absolute atomic E-state index is 0.316. The lowest BCUT2D eigenvalue weighted by molar-refractivity contribution is 0.234. The largest absolute Gasteiger partial charge is 0.396 e. The fourth-order valence-corrected chi connectivity index (χ4v) is 3.16. The Balaban J connectivity index is 1.72. The minimum atomic E-state index is 0.316. The van der Waals surface area contributed by atoms with Crippen molar-refractivity contribution in [2.75, 3.05) is 6.61 Å². The first-order chi connectivity index (χ1) is 10.3. The van der Waals surface area contributed by atoms with Crippen molar-refractivity contribution in [3.05, 3.63) is 41.5 Å². The molecule has 1 heteroatoms. The molecule has 0 bridgehead atoms. The zero-order valence-electron chi connectivity index (χ0n) is 13.5. The van der Waals surface area contributed by atoms with Crippen molar-refractivity contribution in [3.8, 4) is 0 Å². The molecule has 1 aromatic carbocycles. The maximum Gasteiger partial charge on any atom is 0.0465 e. The third-order valence-corrected chi connectivity index (χ3v) is 4.61. The van der Waals surface area contributed by atoms with Crippen LogP contribution >= 0.6 is 0 Å². The first kappa shape index (κ1) is 16.3. The number of allylic oxidation sites excluding steroid dienone is 2. The van der Waals surface area contributed by atoms with Gasteiger partial charge in [-0.15, -0.1) is 0 Å². The van der Waals surface area contributed by atoms with Gasteiger partial charge in [-0.3, -0.25) is 0 Å². The van der Waals surface area contributed by atoms with Gasteiger partial charge in [0.05, 0.1) is 0 Å². The molecule has 0 aromatic heterocycles. The Morgan fingerprint density at radius 3 is 2.38 bits per heavy atom. The Morgan fingerprint density at radius 2 is 1.71 bits per heavy atom. The highest BCUT2D eigenvalue weighted by molar-refractivity contribution is 5.67. The number of hydrogen-bond donors (Lipinski definition) is 1. The van der Waals surface area contributed by atoms with Crippen LogP contribution < -0.4 is 0 Å². The maximum atomic E-state index is 9.22. The Kier molecular flexibility index (Phi) is 7.02. The summed E-state index contributed by atoms with van der Waals surface area (Å²) >= 11 is 0. The summed E-state index contributed by atoms with van der Waals surface area (Å²) < 4.78 is 0. The Hall–Kier alpha value is -1.08. The van der Waals surface area contributed by atoms with Gasteiger partial charge in [-0.25, -0.2) is 0 Å². The standard InChI is InChI=1S/C20H30O/c1-2-3-4-5-6-7-8-17-9-12-19(13-10-17)20-14-11-18(15-20)16-21/h9-10,12-14,18,21H,2-8,11,15-16H2,1H3. The van der Waals surface area contributed by atoms with Gasteiger partial charge in [-0.05, 0) is 48.3 Å². The van der Waals surface area contributed by atoms with Crippen molar-refractivity contribution in [2.45, 2.75) is 64.7 Å². The number of aryl methyl sites for hydroxylation is 1. The quantitative estimate of drug-likeness (QED) is 0.605. The van der Waals surface area contributed by atoms with Crippen molar-refractivity contribution in [1.29, 1.82) is 0 Å². The van der Waals surface area contributed by atoms with Crippen LogP contribution in [0.15, 0.2) is 30.3 Å². The normalized spacial score (nSPS) is 18.0. The van der Waals surface area contributed by atoms with E-state index in [1.807, 2.05) is 0 Å². The van der Waals surface area contributed by atoms with E-state index in [1.54, 1.807) is 0 Å². The van der Waals surface area contributed by atoms with Crippen LogP contribution in [0.3, 0.4) is 0 Å². The van der Waals surface area contributed by atoms with Crippen LogP contribution in [0.5, 0.6) is 0 Å². The second-order valence-corrected chi connectivity index (χ2v) is 6.43. The number of rotatable bonds is 9. The third-order valence-electron chi connectivity index (χ3n) is 4.61. The topological polar surface area (TPSA) is 20.2 Å². The lowest BCUT2D eigenvalue weighted by Gasteiger charge is -2.08. The summed E-state index contributed by atoms with van der Waals surface area (Å²) in [6.45, 7) is 2.58. The van der Waals surface area contributed by atoms with E-state index in [0.29, 0.717) is 12.5 Å². The van der Waals surface area contributed by atoms with Gasteiger partial charge >= 0.3 is 0 Å². The lowest BCUT2D eigenvalue weighted by Crippen LogP contribution is -1.99. The van der Waals surface area contributed by atoms with Gasteiger partial charge in [0.1, 0.15) is 0 Å². The van der Waals surface area contributed by atoms with Crippen molar-refractivity contribution < 1.29 is 5.11 Å². The van der Waals surface area contributed by atoms with Crippen LogP contribution in [0.2, 0.25) is 0 Å². The lowest BCUT2D eigenvalue weighted by atomic mass is 9.99. The summed E-state index contributed by atoms with van der Waals surface area (Å²) in [5.41, 5.74) is 4.23. The SMILES string of the molecule is CCCCCCCCc1ccc(C2=CCC(CO)C2)cc1. The molecule has 1 nitrogen and oxygen atoms in total. The average molecular weight is 286 g/mol. The van der Waals surface area contributed by atoms with E-state index < -0.39 is 0 Å². The van der Waals surface area contributed by atoms with Crippen LogP contribution in [0.1, 0.15) is 69.4 Å². The number of unbranched alkanes of at least 4 members (excludes halogenated alkanes) is 5. The zero-order valence-corrected chi connectivity index (χ0v) is 13.5. The van der Waals surface area contributed by atoms with Crippen LogP contribution in [-0.4, -0.2) is 11.7 Å². The summed E-state index contributed by atoms with van der Waals surface area (Å²) in [5.74, 6) is 0.447. The van der Waals surface area contributed by atoms with Gasteiger partial charge in [0.25, 0.3) is 0 Å². The predicted octanol–water partition coefficient (Wildman–Crippen LogP) is 5.38. The molecule has 0 spiro atoms. The van der Waals surface area contributed by atoms with Crippen LogP contribution in [-0.2, 0) is 6.42 Å². The number of aliphatic hydroxyl groups is 1. The molecule has 1 aliphatic rings. The summed E-state index contributed by atoms with van der Waals surface area (Å²) in [7, 11) is 0. The zero-order chi connectivity index (χ0) is 14.9. The summed E-state index contributed by atoms with van der Waals surface area (Å²) in [5, 5.41) is 9.22. The molecule has 0 saturated carbocycles. The molecule has 0 amide bonds. The predicted molar refractivity (Wildman–Crippen MR) is 91.3 cm³/mol. The van der Waals surface area contributed by atoms with E-state index in [4.69, 9.17) is 0 Å². The number of aliphatic hydroxyl groups excluding tert-OH is 1. The molecule has 1 aromatic rings. The first-order valence-corrected chi connectivity index (χ1v) is 8.72. The van der Waals surface area contributed by atoms with Crippen molar-refractivity contribution in [3.63, 3.8) is 0 Å². The molecule has 0 heterocycles. The second kappa shape index (κ2) is 9.04. The Bertz CT molecular complexity index is 430. The van der Waals surface area contributed by atoms with Crippen LogP contribution in [0.25, 0.3) is 5.57 Å². The van der Waals surface area contributed by atoms with Gasteiger partial charge in [0.15, 0.2) is 0 Å². The Labute approximate surface area is 130 Å². The number of hydrogen-bond acceptors (Lipinski definition) is 1. The molecule has 0 fully saturated rings. The highest BCUT2D eigenvalue weighted by atomic mass is 16.3. The van der Waals surface area contributed by atoms with Crippen LogP contribution in [0, 0.1) is 5.92 Å².